The van der Waals surface area contributed by atoms with Crippen molar-refractivity contribution in [2.75, 3.05) is 7.11 Å². The maximum Gasteiger partial charge on any atom is 0.136 e. The lowest BCUT2D eigenvalue weighted by atomic mass is 10.0. The van der Waals surface area contributed by atoms with Gasteiger partial charge in [0.15, 0.2) is 0 Å². The summed E-state index contributed by atoms with van der Waals surface area (Å²) in [6.07, 6.45) is 0.842. The van der Waals surface area contributed by atoms with Crippen LogP contribution in [0.15, 0.2) is 16.6 Å². The summed E-state index contributed by atoms with van der Waals surface area (Å²) >= 11 is 3.47. The smallest absolute Gasteiger partial charge is 0.136 e. The Balaban J connectivity index is 3.16. The second-order valence-corrected chi connectivity index (χ2v) is 4.41. The fourth-order valence-electron chi connectivity index (χ4n) is 1.49. The molecule has 0 spiro atoms. The number of benzene rings is 1. The Morgan fingerprint density at radius 3 is 2.64 bits per heavy atom. The van der Waals surface area contributed by atoms with Gasteiger partial charge in [0.05, 0.1) is 11.6 Å². The minimum absolute atomic E-state index is 0.150. The van der Waals surface area contributed by atoms with Crippen LogP contribution in [0.3, 0.4) is 0 Å². The highest BCUT2D eigenvalue weighted by Gasteiger charge is 2.11. The van der Waals surface area contributed by atoms with Gasteiger partial charge in [0, 0.05) is 6.04 Å². The average molecular weight is 258 g/mol. The molecule has 2 nitrogen and oxygen atoms in total. The average Bonchev–Trinajstić information content (AvgIpc) is 2.11. The topological polar surface area (TPSA) is 35.2 Å². The molecule has 0 saturated heterocycles. The zero-order valence-electron chi connectivity index (χ0n) is 8.80. The first-order chi connectivity index (χ1) is 6.56. The van der Waals surface area contributed by atoms with Gasteiger partial charge in [-0.2, -0.15) is 0 Å². The van der Waals surface area contributed by atoms with Gasteiger partial charge in [0.1, 0.15) is 5.75 Å². The maximum atomic E-state index is 5.80. The highest BCUT2D eigenvalue weighted by atomic mass is 79.9. The molecule has 0 radical (unpaired) electrons. The van der Waals surface area contributed by atoms with E-state index in [4.69, 9.17) is 10.5 Å². The van der Waals surface area contributed by atoms with Crippen molar-refractivity contribution in [2.45, 2.75) is 26.3 Å². The third-order valence-electron chi connectivity index (χ3n) is 2.18. The third-order valence-corrected chi connectivity index (χ3v) is 2.80. The minimum atomic E-state index is 0.150. The SMILES string of the molecule is COc1c(Br)ccc(C)c1CC(C)N. The molecule has 14 heavy (non-hydrogen) atoms. The highest BCUT2D eigenvalue weighted by Crippen LogP contribution is 2.31. The van der Waals surface area contributed by atoms with Gasteiger partial charge in [0.25, 0.3) is 0 Å². The molecule has 2 N–H and O–H groups in total. The first kappa shape index (κ1) is 11.5. The summed E-state index contributed by atoms with van der Waals surface area (Å²) in [7, 11) is 1.68. The van der Waals surface area contributed by atoms with Gasteiger partial charge in [-0.25, -0.2) is 0 Å². The number of methoxy groups -OCH3 is 1. The Labute approximate surface area is 93.6 Å². The summed E-state index contributed by atoms with van der Waals surface area (Å²) < 4.78 is 6.34. The first-order valence-electron chi connectivity index (χ1n) is 4.63. The second kappa shape index (κ2) is 4.80. The second-order valence-electron chi connectivity index (χ2n) is 3.56. The van der Waals surface area contributed by atoms with E-state index in [0.717, 1.165) is 16.6 Å². The molecule has 0 saturated carbocycles. The summed E-state index contributed by atoms with van der Waals surface area (Å²) in [5.41, 5.74) is 8.21. The number of halogens is 1. The number of hydrogen-bond donors (Lipinski definition) is 1. The molecule has 1 atom stereocenters. The van der Waals surface area contributed by atoms with Crippen LogP contribution >= 0.6 is 15.9 Å². The normalized spacial score (nSPS) is 12.6. The molecule has 0 bridgehead atoms. The summed E-state index contributed by atoms with van der Waals surface area (Å²) in [4.78, 5) is 0. The van der Waals surface area contributed by atoms with E-state index in [9.17, 15) is 0 Å². The van der Waals surface area contributed by atoms with Crippen LogP contribution in [-0.4, -0.2) is 13.2 Å². The van der Waals surface area contributed by atoms with E-state index in [1.54, 1.807) is 7.11 Å². The molecule has 0 aliphatic rings. The fraction of sp³-hybridized carbons (Fsp3) is 0.455. The Bertz CT molecular complexity index is 323. The van der Waals surface area contributed by atoms with E-state index in [1.165, 1.54) is 11.1 Å². The van der Waals surface area contributed by atoms with Crippen LogP contribution in [-0.2, 0) is 6.42 Å². The molecule has 78 valence electrons. The Hall–Kier alpha value is -0.540. The molecule has 1 rings (SSSR count). The van der Waals surface area contributed by atoms with Crippen LogP contribution in [0, 0.1) is 6.92 Å². The molecule has 0 aromatic heterocycles. The van der Waals surface area contributed by atoms with E-state index in [1.807, 2.05) is 13.0 Å². The molecule has 0 fully saturated rings. The van der Waals surface area contributed by atoms with E-state index < -0.39 is 0 Å². The van der Waals surface area contributed by atoms with E-state index in [0.29, 0.717) is 0 Å². The van der Waals surface area contributed by atoms with Gasteiger partial charge in [-0.05, 0) is 53.4 Å². The Morgan fingerprint density at radius 2 is 2.14 bits per heavy atom. The number of ether oxygens (including phenoxy) is 1. The predicted molar refractivity (Wildman–Crippen MR) is 62.8 cm³/mol. The summed E-state index contributed by atoms with van der Waals surface area (Å²) in [6, 6.07) is 4.22. The molecule has 1 unspecified atom stereocenters. The molecule has 3 heteroatoms. The molecule has 0 amide bonds. The van der Waals surface area contributed by atoms with Crippen LogP contribution in [0.5, 0.6) is 5.75 Å². The fourth-order valence-corrected chi connectivity index (χ4v) is 2.03. The van der Waals surface area contributed by atoms with E-state index in [-0.39, 0.29) is 6.04 Å². The van der Waals surface area contributed by atoms with Gasteiger partial charge < -0.3 is 10.5 Å². The Morgan fingerprint density at radius 1 is 1.50 bits per heavy atom. The minimum Gasteiger partial charge on any atom is -0.495 e. The lowest BCUT2D eigenvalue weighted by Crippen LogP contribution is -2.19. The zero-order valence-corrected chi connectivity index (χ0v) is 10.4. The first-order valence-corrected chi connectivity index (χ1v) is 5.43. The highest BCUT2D eigenvalue weighted by molar-refractivity contribution is 9.10. The van der Waals surface area contributed by atoms with Crippen molar-refractivity contribution in [1.82, 2.24) is 0 Å². The summed E-state index contributed by atoms with van der Waals surface area (Å²) in [5.74, 6) is 0.905. The van der Waals surface area contributed by atoms with E-state index in [2.05, 4.69) is 28.9 Å². The largest absolute Gasteiger partial charge is 0.495 e. The summed E-state index contributed by atoms with van der Waals surface area (Å²) in [6.45, 7) is 4.08. The van der Waals surface area contributed by atoms with Crippen molar-refractivity contribution in [2.24, 2.45) is 5.73 Å². The van der Waals surface area contributed by atoms with E-state index >= 15 is 0 Å². The quantitative estimate of drug-likeness (QED) is 0.904. The van der Waals surface area contributed by atoms with Crippen molar-refractivity contribution in [3.8, 4) is 5.75 Å². The van der Waals surface area contributed by atoms with Gasteiger partial charge >= 0.3 is 0 Å². The van der Waals surface area contributed by atoms with Crippen LogP contribution in [0.2, 0.25) is 0 Å². The van der Waals surface area contributed by atoms with Crippen molar-refractivity contribution in [3.63, 3.8) is 0 Å². The van der Waals surface area contributed by atoms with Crippen LogP contribution in [0.4, 0.5) is 0 Å². The summed E-state index contributed by atoms with van der Waals surface area (Å²) in [5, 5.41) is 0. The molecule has 1 aromatic rings. The van der Waals surface area contributed by atoms with Crippen molar-refractivity contribution >= 4 is 15.9 Å². The van der Waals surface area contributed by atoms with Crippen molar-refractivity contribution in [3.05, 3.63) is 27.7 Å². The molecular formula is C11H16BrNO. The monoisotopic (exact) mass is 257 g/mol. The molecule has 0 aliphatic heterocycles. The predicted octanol–water partition coefficient (Wildman–Crippen LogP) is 2.66. The number of aryl methyl sites for hydroxylation is 1. The van der Waals surface area contributed by atoms with Crippen molar-refractivity contribution in [1.29, 1.82) is 0 Å². The zero-order chi connectivity index (χ0) is 10.7. The number of hydrogen-bond acceptors (Lipinski definition) is 2. The van der Waals surface area contributed by atoms with Gasteiger partial charge in [-0.15, -0.1) is 0 Å². The maximum absolute atomic E-state index is 5.80. The number of rotatable bonds is 3. The van der Waals surface area contributed by atoms with Crippen LogP contribution in [0.1, 0.15) is 18.1 Å². The van der Waals surface area contributed by atoms with Crippen LogP contribution in [0.25, 0.3) is 0 Å². The lowest BCUT2D eigenvalue weighted by Gasteiger charge is -2.14. The van der Waals surface area contributed by atoms with Gasteiger partial charge in [-0.3, -0.25) is 0 Å². The Kier molecular flexibility index (Phi) is 3.96. The molecule has 1 aromatic carbocycles. The standard InChI is InChI=1S/C11H16BrNO/c1-7-4-5-10(12)11(14-3)9(7)6-8(2)13/h4-5,8H,6,13H2,1-3H3. The van der Waals surface area contributed by atoms with Crippen molar-refractivity contribution < 1.29 is 4.74 Å². The lowest BCUT2D eigenvalue weighted by molar-refractivity contribution is 0.405. The number of nitrogens with two attached hydrogens (primary N) is 1. The molecular weight excluding hydrogens is 242 g/mol. The molecule has 0 heterocycles. The van der Waals surface area contributed by atoms with Gasteiger partial charge in [-0.1, -0.05) is 6.07 Å². The van der Waals surface area contributed by atoms with Crippen LogP contribution < -0.4 is 10.5 Å². The third kappa shape index (κ3) is 2.49. The molecule has 0 aliphatic carbocycles. The van der Waals surface area contributed by atoms with Gasteiger partial charge in [0.2, 0.25) is 0 Å².